The minimum Gasteiger partial charge on any atom is -0.385 e. The first kappa shape index (κ1) is 10.9. The SMILES string of the molecule is COCCC(C)Nc1nc(Br)cs1. The molecule has 0 spiro atoms. The van der Waals surface area contributed by atoms with E-state index in [2.05, 4.69) is 33.2 Å². The zero-order chi connectivity index (χ0) is 9.68. The van der Waals surface area contributed by atoms with Gasteiger partial charge in [0.15, 0.2) is 5.13 Å². The standard InChI is InChI=1S/C8H13BrN2OS/c1-6(3-4-12-2)10-8-11-7(9)5-13-8/h5-6H,3-4H2,1-2H3,(H,10,11). The second-order valence-corrected chi connectivity index (χ2v) is 4.47. The Bertz CT molecular complexity index is 254. The Morgan fingerprint density at radius 1 is 1.77 bits per heavy atom. The second-order valence-electron chi connectivity index (χ2n) is 2.80. The fourth-order valence-corrected chi connectivity index (χ4v) is 2.15. The average molecular weight is 265 g/mol. The van der Waals surface area contributed by atoms with Gasteiger partial charge in [0.05, 0.1) is 0 Å². The van der Waals surface area contributed by atoms with Gasteiger partial charge < -0.3 is 10.1 Å². The number of hydrogen-bond acceptors (Lipinski definition) is 4. The molecule has 0 aliphatic heterocycles. The number of ether oxygens (including phenoxy) is 1. The first-order valence-corrected chi connectivity index (χ1v) is 5.76. The zero-order valence-electron chi connectivity index (χ0n) is 7.71. The maximum Gasteiger partial charge on any atom is 0.183 e. The lowest BCUT2D eigenvalue weighted by molar-refractivity contribution is 0.191. The van der Waals surface area contributed by atoms with E-state index in [0.717, 1.165) is 22.8 Å². The van der Waals surface area contributed by atoms with Crippen LogP contribution in [0.4, 0.5) is 5.13 Å². The Labute approximate surface area is 90.6 Å². The number of hydrogen-bond donors (Lipinski definition) is 1. The highest BCUT2D eigenvalue weighted by Crippen LogP contribution is 2.20. The van der Waals surface area contributed by atoms with Gasteiger partial charge in [0.2, 0.25) is 0 Å². The summed E-state index contributed by atoms with van der Waals surface area (Å²) in [5, 5.41) is 6.21. The molecule has 1 N–H and O–H groups in total. The van der Waals surface area contributed by atoms with E-state index < -0.39 is 0 Å². The third-order valence-electron chi connectivity index (χ3n) is 1.60. The Morgan fingerprint density at radius 2 is 2.54 bits per heavy atom. The fourth-order valence-electron chi connectivity index (χ4n) is 0.898. The van der Waals surface area contributed by atoms with Gasteiger partial charge in [0, 0.05) is 25.1 Å². The van der Waals surface area contributed by atoms with Gasteiger partial charge in [-0.05, 0) is 29.3 Å². The van der Waals surface area contributed by atoms with Crippen LogP contribution >= 0.6 is 27.3 Å². The summed E-state index contributed by atoms with van der Waals surface area (Å²) < 4.78 is 5.88. The number of thiazole rings is 1. The van der Waals surface area contributed by atoms with Crippen molar-refractivity contribution in [3.63, 3.8) is 0 Å². The first-order chi connectivity index (χ1) is 6.22. The number of rotatable bonds is 5. The number of halogens is 1. The summed E-state index contributed by atoms with van der Waals surface area (Å²) in [5.41, 5.74) is 0. The molecule has 1 unspecified atom stereocenters. The predicted octanol–water partition coefficient (Wildman–Crippen LogP) is 2.74. The van der Waals surface area contributed by atoms with Crippen molar-refractivity contribution in [2.75, 3.05) is 19.0 Å². The average Bonchev–Trinajstić information content (AvgIpc) is 2.48. The van der Waals surface area contributed by atoms with Crippen LogP contribution in [-0.2, 0) is 4.74 Å². The molecule has 1 heterocycles. The van der Waals surface area contributed by atoms with Gasteiger partial charge in [-0.15, -0.1) is 11.3 Å². The largest absolute Gasteiger partial charge is 0.385 e. The van der Waals surface area contributed by atoms with E-state index in [1.54, 1.807) is 18.4 Å². The molecule has 0 bridgehead atoms. The highest BCUT2D eigenvalue weighted by atomic mass is 79.9. The monoisotopic (exact) mass is 264 g/mol. The maximum absolute atomic E-state index is 4.99. The van der Waals surface area contributed by atoms with Crippen LogP contribution in [0.1, 0.15) is 13.3 Å². The molecule has 0 aliphatic rings. The van der Waals surface area contributed by atoms with E-state index in [0.29, 0.717) is 6.04 Å². The topological polar surface area (TPSA) is 34.1 Å². The summed E-state index contributed by atoms with van der Waals surface area (Å²) in [4.78, 5) is 4.24. The second kappa shape index (κ2) is 5.57. The van der Waals surface area contributed by atoms with Gasteiger partial charge in [-0.3, -0.25) is 0 Å². The first-order valence-electron chi connectivity index (χ1n) is 4.09. The van der Waals surface area contributed by atoms with Crippen LogP contribution < -0.4 is 5.32 Å². The molecule has 1 atom stereocenters. The molecule has 5 heteroatoms. The van der Waals surface area contributed by atoms with Gasteiger partial charge in [-0.2, -0.15) is 0 Å². The zero-order valence-corrected chi connectivity index (χ0v) is 10.1. The quantitative estimate of drug-likeness (QED) is 0.888. The molecular weight excluding hydrogens is 252 g/mol. The molecule has 3 nitrogen and oxygen atoms in total. The molecule has 1 aromatic heterocycles. The molecule has 74 valence electrons. The highest BCUT2D eigenvalue weighted by molar-refractivity contribution is 9.10. The van der Waals surface area contributed by atoms with E-state index in [-0.39, 0.29) is 0 Å². The van der Waals surface area contributed by atoms with Crippen molar-refractivity contribution in [2.24, 2.45) is 0 Å². The third-order valence-corrected chi connectivity index (χ3v) is 3.08. The van der Waals surface area contributed by atoms with E-state index in [1.807, 2.05) is 5.38 Å². The van der Waals surface area contributed by atoms with Gasteiger partial charge in [0.1, 0.15) is 4.60 Å². The van der Waals surface area contributed by atoms with Crippen molar-refractivity contribution in [2.45, 2.75) is 19.4 Å². The fraction of sp³-hybridized carbons (Fsp3) is 0.625. The van der Waals surface area contributed by atoms with Gasteiger partial charge >= 0.3 is 0 Å². The minimum atomic E-state index is 0.401. The third kappa shape index (κ3) is 4.06. The summed E-state index contributed by atoms with van der Waals surface area (Å²) in [7, 11) is 1.71. The van der Waals surface area contributed by atoms with Crippen LogP contribution in [0.15, 0.2) is 9.98 Å². The van der Waals surface area contributed by atoms with Crippen LogP contribution in [-0.4, -0.2) is 24.7 Å². The normalized spacial score (nSPS) is 12.8. The molecule has 0 amide bonds. The molecular formula is C8H13BrN2OS. The Morgan fingerprint density at radius 3 is 3.08 bits per heavy atom. The van der Waals surface area contributed by atoms with Gasteiger partial charge in [-0.25, -0.2) is 4.98 Å². The van der Waals surface area contributed by atoms with Crippen molar-refractivity contribution < 1.29 is 4.74 Å². The van der Waals surface area contributed by atoms with Crippen LogP contribution in [0.3, 0.4) is 0 Å². The molecule has 0 fully saturated rings. The number of methoxy groups -OCH3 is 1. The Hall–Kier alpha value is -0.130. The van der Waals surface area contributed by atoms with Crippen molar-refractivity contribution in [1.29, 1.82) is 0 Å². The molecule has 0 aromatic carbocycles. The Balaban J connectivity index is 2.31. The van der Waals surface area contributed by atoms with E-state index >= 15 is 0 Å². The van der Waals surface area contributed by atoms with Crippen molar-refractivity contribution in [1.82, 2.24) is 4.98 Å². The number of aromatic nitrogens is 1. The van der Waals surface area contributed by atoms with E-state index in [4.69, 9.17) is 4.74 Å². The summed E-state index contributed by atoms with van der Waals surface area (Å²) in [6.45, 7) is 2.90. The summed E-state index contributed by atoms with van der Waals surface area (Å²) >= 11 is 4.91. The maximum atomic E-state index is 4.99. The summed E-state index contributed by atoms with van der Waals surface area (Å²) in [6.07, 6.45) is 0.994. The highest BCUT2D eigenvalue weighted by Gasteiger charge is 2.04. The van der Waals surface area contributed by atoms with E-state index in [1.165, 1.54) is 0 Å². The molecule has 0 aliphatic carbocycles. The molecule has 13 heavy (non-hydrogen) atoms. The molecule has 0 radical (unpaired) electrons. The van der Waals surface area contributed by atoms with Crippen LogP contribution in [0.5, 0.6) is 0 Å². The van der Waals surface area contributed by atoms with E-state index in [9.17, 15) is 0 Å². The lowest BCUT2D eigenvalue weighted by atomic mass is 10.2. The Kier molecular flexibility index (Phi) is 4.69. The number of anilines is 1. The lowest BCUT2D eigenvalue weighted by Crippen LogP contribution is -2.16. The summed E-state index contributed by atoms with van der Waals surface area (Å²) in [6, 6.07) is 0.401. The van der Waals surface area contributed by atoms with Crippen LogP contribution in [0.2, 0.25) is 0 Å². The van der Waals surface area contributed by atoms with Crippen LogP contribution in [0.25, 0.3) is 0 Å². The van der Waals surface area contributed by atoms with Crippen molar-refractivity contribution in [3.05, 3.63) is 9.98 Å². The van der Waals surface area contributed by atoms with Crippen LogP contribution in [0, 0.1) is 0 Å². The minimum absolute atomic E-state index is 0.401. The van der Waals surface area contributed by atoms with Crippen molar-refractivity contribution >= 4 is 32.4 Å². The molecule has 1 rings (SSSR count). The summed E-state index contributed by atoms with van der Waals surface area (Å²) in [5.74, 6) is 0. The molecule has 0 saturated heterocycles. The lowest BCUT2D eigenvalue weighted by Gasteiger charge is -2.11. The smallest absolute Gasteiger partial charge is 0.183 e. The molecule has 1 aromatic rings. The van der Waals surface area contributed by atoms with Crippen molar-refractivity contribution in [3.8, 4) is 0 Å². The number of nitrogens with one attached hydrogen (secondary N) is 1. The number of nitrogens with zero attached hydrogens (tertiary/aromatic N) is 1. The van der Waals surface area contributed by atoms with Gasteiger partial charge in [0.25, 0.3) is 0 Å². The molecule has 0 saturated carbocycles. The van der Waals surface area contributed by atoms with Gasteiger partial charge in [-0.1, -0.05) is 0 Å². The predicted molar refractivity (Wildman–Crippen MR) is 59.4 cm³/mol.